The van der Waals surface area contributed by atoms with Gasteiger partial charge in [0.25, 0.3) is 11.8 Å². The van der Waals surface area contributed by atoms with Crippen LogP contribution in [0.3, 0.4) is 0 Å². The van der Waals surface area contributed by atoms with Crippen LogP contribution in [0, 0.1) is 0 Å². The van der Waals surface area contributed by atoms with Gasteiger partial charge in [-0.25, -0.2) is 0 Å². The second-order valence-electron chi connectivity index (χ2n) is 11.7. The molecule has 50 heavy (non-hydrogen) atoms. The molecule has 0 aromatic heterocycles. The van der Waals surface area contributed by atoms with E-state index in [1.165, 1.54) is 11.1 Å². The van der Waals surface area contributed by atoms with E-state index in [0.29, 0.717) is 35.8 Å². The molecule has 8 heteroatoms. The van der Waals surface area contributed by atoms with Crippen LogP contribution >= 0.6 is 23.5 Å². The standard InChI is InChI=1S/C42H34N2O4S2/c45-41-33-9-1-5-13-37(33)47-25-29-17-19-30(20-18-29)26-48-38-14-6-2-10-34(38)42(46)44-36-12-4-8-16-40(36)50-28-32-23-21-31(22-24-32)27-49-39-15-7-3-11-35(39)43-41/h1-24H,25-28H2,(H,43,45)(H,44,46). The van der Waals surface area contributed by atoms with Crippen LogP contribution in [-0.2, 0) is 24.7 Å². The van der Waals surface area contributed by atoms with Gasteiger partial charge >= 0.3 is 0 Å². The fourth-order valence-corrected chi connectivity index (χ4v) is 7.37. The van der Waals surface area contributed by atoms with Gasteiger partial charge in [-0.3, -0.25) is 9.59 Å². The van der Waals surface area contributed by atoms with Crippen LogP contribution in [0.2, 0.25) is 0 Å². The molecule has 0 fully saturated rings. The Hall–Kier alpha value is -5.44. The summed E-state index contributed by atoms with van der Waals surface area (Å²) >= 11 is 3.35. The van der Waals surface area contributed by atoms with Crippen molar-refractivity contribution in [1.82, 2.24) is 0 Å². The van der Waals surface area contributed by atoms with Crippen molar-refractivity contribution in [3.05, 3.63) is 179 Å². The minimum Gasteiger partial charge on any atom is -0.488 e. The first-order valence-electron chi connectivity index (χ1n) is 16.2. The van der Waals surface area contributed by atoms with E-state index in [1.54, 1.807) is 35.7 Å². The number of rotatable bonds is 0. The fraction of sp³-hybridized carbons (Fsp3) is 0.0952. The molecule has 248 valence electrons. The summed E-state index contributed by atoms with van der Waals surface area (Å²) in [5, 5.41) is 6.22. The first-order chi connectivity index (χ1) is 24.6. The molecular weight excluding hydrogens is 661 g/mol. The van der Waals surface area contributed by atoms with Crippen molar-refractivity contribution < 1.29 is 19.1 Å². The van der Waals surface area contributed by atoms with Crippen molar-refractivity contribution in [3.63, 3.8) is 0 Å². The lowest BCUT2D eigenvalue weighted by atomic mass is 10.1. The van der Waals surface area contributed by atoms with E-state index in [-0.39, 0.29) is 11.8 Å². The van der Waals surface area contributed by atoms with Crippen LogP contribution in [-0.4, -0.2) is 11.8 Å². The highest BCUT2D eigenvalue weighted by atomic mass is 32.2. The van der Waals surface area contributed by atoms with E-state index in [9.17, 15) is 9.59 Å². The van der Waals surface area contributed by atoms with Crippen LogP contribution in [0.5, 0.6) is 11.5 Å². The smallest absolute Gasteiger partial charge is 0.259 e. The molecule has 6 aromatic carbocycles. The highest BCUT2D eigenvalue weighted by Crippen LogP contribution is 2.33. The van der Waals surface area contributed by atoms with Crippen molar-refractivity contribution in [3.8, 4) is 11.5 Å². The maximum absolute atomic E-state index is 13.5. The van der Waals surface area contributed by atoms with Crippen LogP contribution < -0.4 is 20.1 Å². The molecule has 0 unspecified atom stereocenters. The third-order valence-electron chi connectivity index (χ3n) is 8.16. The van der Waals surface area contributed by atoms with Gasteiger partial charge in [-0.2, -0.15) is 0 Å². The van der Waals surface area contributed by atoms with E-state index in [4.69, 9.17) is 9.47 Å². The summed E-state index contributed by atoms with van der Waals surface area (Å²) in [6.45, 7) is 0.582. The van der Waals surface area contributed by atoms with Gasteiger partial charge in [0.2, 0.25) is 0 Å². The SMILES string of the molecule is O=C1Nc2ccccc2SCc2ccc(cc2)CSc2ccccc2NC(=O)c2ccccc2OCc2ccc(cc2)COc2ccccc21. The highest BCUT2D eigenvalue weighted by Gasteiger charge is 2.17. The number of benzene rings is 6. The first-order valence-corrected chi connectivity index (χ1v) is 18.2. The Labute approximate surface area is 300 Å². The summed E-state index contributed by atoms with van der Waals surface area (Å²) in [5.74, 6) is 2.05. The molecule has 2 amide bonds. The Morgan fingerprint density at radius 3 is 1.22 bits per heavy atom. The quantitative estimate of drug-likeness (QED) is 0.165. The van der Waals surface area contributed by atoms with Gasteiger partial charge in [0.05, 0.1) is 22.5 Å². The predicted octanol–water partition coefficient (Wildman–Crippen LogP) is 10.2. The van der Waals surface area contributed by atoms with Crippen molar-refractivity contribution in [2.75, 3.05) is 10.6 Å². The van der Waals surface area contributed by atoms with Gasteiger partial charge in [-0.1, -0.05) is 97.1 Å². The number of ether oxygens (including phenoxy) is 2. The average molecular weight is 695 g/mol. The molecule has 4 bridgehead atoms. The van der Waals surface area contributed by atoms with Crippen LogP contribution in [0.1, 0.15) is 43.0 Å². The summed E-state index contributed by atoms with van der Waals surface area (Å²) in [6, 6.07) is 46.8. The molecule has 6 nitrogen and oxygen atoms in total. The highest BCUT2D eigenvalue weighted by molar-refractivity contribution is 7.99. The number of para-hydroxylation sites is 4. The second kappa shape index (κ2) is 15.8. The molecule has 0 saturated heterocycles. The minimum atomic E-state index is -0.230. The van der Waals surface area contributed by atoms with Crippen LogP contribution in [0.25, 0.3) is 0 Å². The zero-order valence-corrected chi connectivity index (χ0v) is 28.8. The van der Waals surface area contributed by atoms with Gasteiger partial charge in [-0.15, -0.1) is 23.5 Å². The third kappa shape index (κ3) is 8.22. The molecular formula is C42H34N2O4S2. The summed E-state index contributed by atoms with van der Waals surface area (Å²) in [6.07, 6.45) is 0. The summed E-state index contributed by atoms with van der Waals surface area (Å²) in [5.41, 5.74) is 6.69. The summed E-state index contributed by atoms with van der Waals surface area (Å²) in [4.78, 5) is 29.0. The largest absolute Gasteiger partial charge is 0.488 e. The number of nitrogens with one attached hydrogen (secondary N) is 2. The number of hydrogen-bond donors (Lipinski definition) is 2. The van der Waals surface area contributed by atoms with Crippen LogP contribution in [0.4, 0.5) is 11.4 Å². The molecule has 0 aliphatic carbocycles. The zero-order chi connectivity index (χ0) is 34.1. The summed E-state index contributed by atoms with van der Waals surface area (Å²) in [7, 11) is 0. The predicted molar refractivity (Wildman–Crippen MR) is 202 cm³/mol. The van der Waals surface area contributed by atoms with E-state index >= 15 is 0 Å². The molecule has 4 aliphatic rings. The Morgan fingerprint density at radius 1 is 0.420 bits per heavy atom. The molecule has 10 rings (SSSR count). The molecule has 2 N–H and O–H groups in total. The maximum atomic E-state index is 13.5. The van der Waals surface area contributed by atoms with Gasteiger partial charge in [-0.05, 0) is 70.8 Å². The lowest BCUT2D eigenvalue weighted by Crippen LogP contribution is -2.14. The number of amides is 2. The fourth-order valence-electron chi connectivity index (χ4n) is 5.44. The average Bonchev–Trinajstić information content (AvgIpc) is 3.16. The molecule has 4 heterocycles. The first kappa shape index (κ1) is 33.1. The number of carbonyl (C=O) groups excluding carboxylic acids is 2. The van der Waals surface area contributed by atoms with Gasteiger partial charge in [0.1, 0.15) is 24.7 Å². The Kier molecular flexibility index (Phi) is 10.5. The molecule has 0 atom stereocenters. The van der Waals surface area contributed by atoms with Crippen LogP contribution in [0.15, 0.2) is 155 Å². The van der Waals surface area contributed by atoms with E-state index in [1.807, 2.05) is 109 Å². The van der Waals surface area contributed by atoms with E-state index < -0.39 is 0 Å². The number of carbonyl (C=O) groups is 2. The topological polar surface area (TPSA) is 76.7 Å². The molecule has 6 aromatic rings. The van der Waals surface area contributed by atoms with Gasteiger partial charge in [0.15, 0.2) is 0 Å². The normalized spacial score (nSPS) is 13.8. The number of thioether (sulfide) groups is 2. The Bertz CT molecular complexity index is 1970. The molecule has 0 saturated carbocycles. The zero-order valence-electron chi connectivity index (χ0n) is 27.1. The monoisotopic (exact) mass is 694 g/mol. The number of anilines is 2. The van der Waals surface area contributed by atoms with Crippen molar-refractivity contribution >= 4 is 46.7 Å². The van der Waals surface area contributed by atoms with Gasteiger partial charge in [0, 0.05) is 21.3 Å². The van der Waals surface area contributed by atoms with Crippen molar-refractivity contribution in [1.29, 1.82) is 0 Å². The molecule has 0 radical (unpaired) electrons. The molecule has 4 aliphatic heterocycles. The Morgan fingerprint density at radius 2 is 0.780 bits per heavy atom. The lowest BCUT2D eigenvalue weighted by Gasteiger charge is -2.15. The minimum absolute atomic E-state index is 0.230. The second-order valence-corrected chi connectivity index (χ2v) is 13.7. The molecule has 0 spiro atoms. The summed E-state index contributed by atoms with van der Waals surface area (Å²) < 4.78 is 12.3. The lowest BCUT2D eigenvalue weighted by molar-refractivity contribution is 0.101. The van der Waals surface area contributed by atoms with E-state index in [0.717, 1.165) is 43.8 Å². The van der Waals surface area contributed by atoms with Crippen molar-refractivity contribution in [2.24, 2.45) is 0 Å². The van der Waals surface area contributed by atoms with Crippen molar-refractivity contribution in [2.45, 2.75) is 34.5 Å². The maximum Gasteiger partial charge on any atom is 0.259 e. The third-order valence-corrected chi connectivity index (χ3v) is 10.4. The van der Waals surface area contributed by atoms with Gasteiger partial charge < -0.3 is 20.1 Å². The Balaban J connectivity index is 1.16. The number of hydrogen-bond acceptors (Lipinski definition) is 6. The van der Waals surface area contributed by atoms with E-state index in [2.05, 4.69) is 34.9 Å².